The number of hydrogen-bond acceptors (Lipinski definition) is 7. The fraction of sp³-hybridized carbons (Fsp3) is 0.652. The molecule has 170 valence electrons. The highest BCUT2D eigenvalue weighted by Crippen LogP contribution is 2.42. The Morgan fingerprint density at radius 3 is 2.59 bits per heavy atom. The Hall–Kier alpha value is -2.26. The molecule has 0 unspecified atom stereocenters. The molecule has 1 aliphatic carbocycles. The third-order valence-electron chi connectivity index (χ3n) is 7.76. The normalized spacial score (nSPS) is 23.7. The molecular weight excluding hydrogens is 424 g/mol. The maximum atomic E-state index is 12.4. The van der Waals surface area contributed by atoms with E-state index in [0.717, 1.165) is 54.9 Å². The van der Waals surface area contributed by atoms with Crippen LogP contribution in [0.5, 0.6) is 0 Å². The van der Waals surface area contributed by atoms with Crippen molar-refractivity contribution in [2.75, 3.05) is 31.1 Å². The fourth-order valence-corrected chi connectivity index (χ4v) is 6.99. The predicted molar refractivity (Wildman–Crippen MR) is 124 cm³/mol. The molecule has 2 N–H and O–H groups in total. The number of likely N-dealkylation sites (tertiary alicyclic amines) is 1. The molecule has 5 heterocycles. The van der Waals surface area contributed by atoms with Gasteiger partial charge in [-0.3, -0.25) is 15.0 Å². The van der Waals surface area contributed by atoms with Crippen LogP contribution in [0.2, 0.25) is 0 Å². The van der Waals surface area contributed by atoms with Crippen LogP contribution in [0.15, 0.2) is 0 Å². The molecule has 4 aliphatic rings. The minimum atomic E-state index is -0.760. The topological polar surface area (TPSA) is 90.5 Å². The van der Waals surface area contributed by atoms with Crippen molar-refractivity contribution in [1.29, 1.82) is 0 Å². The van der Waals surface area contributed by atoms with Crippen molar-refractivity contribution in [2.24, 2.45) is 5.92 Å². The van der Waals surface area contributed by atoms with Gasteiger partial charge in [-0.15, -0.1) is 11.3 Å². The standard InChI is InChI=1S/C23H30N6O2S/c1-14-5-9-28(10-6-14)13-17-24-19(18-15-3-2-4-16(15)32-20(18)25-17)29-11-7-23(8-12-29)21(30)26-22(31)27-23/h14H,2-13H2,1H3,(H2,26,27,30,31). The minimum Gasteiger partial charge on any atom is -0.356 e. The molecule has 3 amide bonds. The lowest BCUT2D eigenvalue weighted by Gasteiger charge is -2.38. The summed E-state index contributed by atoms with van der Waals surface area (Å²) in [7, 11) is 0. The van der Waals surface area contributed by atoms with E-state index in [9.17, 15) is 9.59 Å². The van der Waals surface area contributed by atoms with Gasteiger partial charge in [0.2, 0.25) is 0 Å². The summed E-state index contributed by atoms with van der Waals surface area (Å²) in [6.07, 6.45) is 7.13. The predicted octanol–water partition coefficient (Wildman–Crippen LogP) is 2.59. The number of hydrogen-bond donors (Lipinski definition) is 2. The second-order valence-electron chi connectivity index (χ2n) is 9.94. The average molecular weight is 455 g/mol. The van der Waals surface area contributed by atoms with E-state index in [1.54, 1.807) is 0 Å². The molecular formula is C23H30N6O2S. The highest BCUT2D eigenvalue weighted by atomic mass is 32.1. The van der Waals surface area contributed by atoms with Crippen LogP contribution in [0.1, 0.15) is 55.3 Å². The van der Waals surface area contributed by atoms with E-state index in [0.29, 0.717) is 25.9 Å². The summed E-state index contributed by atoms with van der Waals surface area (Å²) < 4.78 is 0. The number of thiophene rings is 1. The molecule has 8 nitrogen and oxygen atoms in total. The van der Waals surface area contributed by atoms with Crippen LogP contribution in [-0.4, -0.2) is 58.5 Å². The zero-order valence-corrected chi connectivity index (χ0v) is 19.4. The first-order chi connectivity index (χ1) is 15.5. The Morgan fingerprint density at radius 1 is 1.09 bits per heavy atom. The molecule has 0 bridgehead atoms. The summed E-state index contributed by atoms with van der Waals surface area (Å²) in [4.78, 5) is 41.6. The molecule has 2 aromatic heterocycles. The number of carbonyl (C=O) groups is 2. The number of nitrogens with zero attached hydrogens (tertiary/aromatic N) is 4. The third kappa shape index (κ3) is 3.37. The number of nitrogens with one attached hydrogen (secondary N) is 2. The van der Waals surface area contributed by atoms with E-state index in [1.165, 1.54) is 35.1 Å². The average Bonchev–Trinajstić information content (AvgIpc) is 3.43. The molecule has 32 heavy (non-hydrogen) atoms. The van der Waals surface area contributed by atoms with Gasteiger partial charge in [0.15, 0.2) is 0 Å². The summed E-state index contributed by atoms with van der Waals surface area (Å²) >= 11 is 1.84. The van der Waals surface area contributed by atoms with E-state index in [4.69, 9.17) is 9.97 Å². The molecule has 0 atom stereocenters. The number of aromatic nitrogens is 2. The maximum Gasteiger partial charge on any atom is 0.322 e. The van der Waals surface area contributed by atoms with Crippen LogP contribution >= 0.6 is 11.3 Å². The first kappa shape index (κ1) is 20.4. The molecule has 3 saturated heterocycles. The molecule has 0 aromatic carbocycles. The Labute approximate surface area is 191 Å². The van der Waals surface area contributed by atoms with E-state index in [2.05, 4.69) is 27.4 Å². The molecule has 9 heteroatoms. The molecule has 0 saturated carbocycles. The fourth-order valence-electron chi connectivity index (χ4n) is 5.72. The summed E-state index contributed by atoms with van der Waals surface area (Å²) in [6.45, 7) is 6.76. The lowest BCUT2D eigenvalue weighted by Crippen LogP contribution is -2.55. The second kappa shape index (κ2) is 7.66. The van der Waals surface area contributed by atoms with Gasteiger partial charge in [-0.05, 0) is 69.5 Å². The highest BCUT2D eigenvalue weighted by Gasteiger charge is 2.48. The summed E-state index contributed by atoms with van der Waals surface area (Å²) in [5.74, 6) is 2.56. The Balaban J connectivity index is 1.31. The van der Waals surface area contributed by atoms with Crippen LogP contribution in [-0.2, 0) is 24.2 Å². The smallest absolute Gasteiger partial charge is 0.322 e. The largest absolute Gasteiger partial charge is 0.356 e. The zero-order valence-electron chi connectivity index (χ0n) is 18.6. The van der Waals surface area contributed by atoms with Gasteiger partial charge in [-0.1, -0.05) is 6.92 Å². The van der Waals surface area contributed by atoms with Crippen molar-refractivity contribution in [3.05, 3.63) is 16.3 Å². The molecule has 3 fully saturated rings. The van der Waals surface area contributed by atoms with Gasteiger partial charge in [-0.25, -0.2) is 14.8 Å². The van der Waals surface area contributed by atoms with E-state index in [-0.39, 0.29) is 11.9 Å². The minimum absolute atomic E-state index is 0.188. The van der Waals surface area contributed by atoms with Crippen LogP contribution in [0.25, 0.3) is 10.2 Å². The Bertz CT molecular complexity index is 1080. The van der Waals surface area contributed by atoms with Gasteiger partial charge in [0, 0.05) is 18.0 Å². The van der Waals surface area contributed by atoms with Crippen LogP contribution < -0.4 is 15.5 Å². The van der Waals surface area contributed by atoms with Crippen molar-refractivity contribution in [1.82, 2.24) is 25.5 Å². The second-order valence-corrected chi connectivity index (χ2v) is 11.0. The van der Waals surface area contributed by atoms with Crippen molar-refractivity contribution in [3.8, 4) is 0 Å². The van der Waals surface area contributed by atoms with Crippen molar-refractivity contribution >= 4 is 39.3 Å². The van der Waals surface area contributed by atoms with Gasteiger partial charge in [0.1, 0.15) is 22.0 Å². The number of carbonyl (C=O) groups excluding carboxylic acids is 2. The third-order valence-corrected chi connectivity index (χ3v) is 8.95. The molecule has 3 aliphatic heterocycles. The first-order valence-corrected chi connectivity index (χ1v) is 12.7. The van der Waals surface area contributed by atoms with Crippen molar-refractivity contribution < 1.29 is 9.59 Å². The van der Waals surface area contributed by atoms with Crippen LogP contribution in [0, 0.1) is 5.92 Å². The van der Waals surface area contributed by atoms with Gasteiger partial charge in [0.05, 0.1) is 11.9 Å². The molecule has 2 aromatic rings. The van der Waals surface area contributed by atoms with Crippen LogP contribution in [0.4, 0.5) is 10.6 Å². The number of fused-ring (bicyclic) bond motifs is 3. The van der Waals surface area contributed by atoms with Gasteiger partial charge >= 0.3 is 6.03 Å². The van der Waals surface area contributed by atoms with Gasteiger partial charge in [0.25, 0.3) is 5.91 Å². The lowest BCUT2D eigenvalue weighted by molar-refractivity contribution is -0.124. The molecule has 0 radical (unpaired) electrons. The number of piperidine rings is 2. The number of anilines is 1. The number of aryl methyl sites for hydroxylation is 2. The number of imide groups is 1. The Morgan fingerprint density at radius 2 is 1.88 bits per heavy atom. The summed E-state index contributed by atoms with van der Waals surface area (Å²) in [6, 6.07) is -0.373. The Kier molecular flexibility index (Phi) is 4.87. The number of urea groups is 1. The maximum absolute atomic E-state index is 12.4. The van der Waals surface area contributed by atoms with Crippen molar-refractivity contribution in [2.45, 2.75) is 64.0 Å². The number of amides is 3. The van der Waals surface area contributed by atoms with E-state index < -0.39 is 5.54 Å². The SMILES string of the molecule is CC1CCN(Cc2nc(N3CCC4(CC3)NC(=O)NC4=O)c3c4c(sc3n2)CCC4)CC1. The van der Waals surface area contributed by atoms with E-state index in [1.807, 2.05) is 11.3 Å². The summed E-state index contributed by atoms with van der Waals surface area (Å²) in [5, 5.41) is 6.51. The summed E-state index contributed by atoms with van der Waals surface area (Å²) in [5.41, 5.74) is 0.675. The lowest BCUT2D eigenvalue weighted by atomic mass is 9.87. The first-order valence-electron chi connectivity index (χ1n) is 11.9. The monoisotopic (exact) mass is 454 g/mol. The van der Waals surface area contributed by atoms with E-state index >= 15 is 0 Å². The quantitative estimate of drug-likeness (QED) is 0.693. The van der Waals surface area contributed by atoms with Gasteiger partial charge < -0.3 is 10.2 Å². The highest BCUT2D eigenvalue weighted by molar-refractivity contribution is 7.19. The van der Waals surface area contributed by atoms with Crippen LogP contribution in [0.3, 0.4) is 0 Å². The molecule has 1 spiro atoms. The number of rotatable bonds is 3. The molecule has 6 rings (SSSR count). The van der Waals surface area contributed by atoms with Gasteiger partial charge in [-0.2, -0.15) is 0 Å². The zero-order chi connectivity index (χ0) is 21.9. The van der Waals surface area contributed by atoms with Crippen molar-refractivity contribution in [3.63, 3.8) is 0 Å².